The maximum atomic E-state index is 13.8. The Kier molecular flexibility index (Phi) is 22.8. The van der Waals surface area contributed by atoms with Crippen molar-refractivity contribution >= 4 is 39.7 Å². The predicted octanol–water partition coefficient (Wildman–Crippen LogP) is 9.56. The summed E-state index contributed by atoms with van der Waals surface area (Å²) in [6.45, 7) is 19.5. The Bertz CT molecular complexity index is 2530. The molecule has 2 aromatic carbocycles. The van der Waals surface area contributed by atoms with E-state index >= 15 is 0 Å². The van der Waals surface area contributed by atoms with Crippen molar-refractivity contribution < 1.29 is 52.0 Å². The molecule has 0 aliphatic heterocycles. The summed E-state index contributed by atoms with van der Waals surface area (Å²) in [5.41, 5.74) is 7.25. The molecular weight excluding hydrogens is 919 g/mol. The summed E-state index contributed by atoms with van der Waals surface area (Å²) < 4.78 is 58.1. The van der Waals surface area contributed by atoms with Crippen molar-refractivity contribution in [3.8, 4) is 22.4 Å². The summed E-state index contributed by atoms with van der Waals surface area (Å²) in [5, 5.41) is 41.5. The van der Waals surface area contributed by atoms with Gasteiger partial charge in [-0.2, -0.15) is 0 Å². The highest BCUT2D eigenvalue weighted by Crippen LogP contribution is 2.38. The topological polar surface area (TPSA) is 200 Å². The Balaban J connectivity index is 0.000000370. The summed E-state index contributed by atoms with van der Waals surface area (Å²) in [6, 6.07) is 12.0. The van der Waals surface area contributed by atoms with E-state index in [1.54, 1.807) is 59.1 Å². The minimum Gasteiger partial charge on any atom is -0.393 e. The van der Waals surface area contributed by atoms with Crippen LogP contribution in [-0.4, -0.2) is 100 Å². The molecule has 70 heavy (non-hydrogen) atoms. The van der Waals surface area contributed by atoms with Gasteiger partial charge in [0.25, 0.3) is 0 Å². The van der Waals surface area contributed by atoms with Crippen LogP contribution >= 0.6 is 0 Å². The molecule has 0 radical (unpaired) electrons. The van der Waals surface area contributed by atoms with Crippen LogP contribution in [-0.2, 0) is 31.0 Å². The van der Waals surface area contributed by atoms with Gasteiger partial charge in [0.05, 0.1) is 54.4 Å². The number of aliphatic hydroxyl groups excluding tert-OH is 4. The van der Waals surface area contributed by atoms with Crippen LogP contribution in [0.25, 0.3) is 34.5 Å². The zero-order valence-electron chi connectivity index (χ0n) is 42.9. The molecule has 0 saturated heterocycles. The number of hydrogen-bond acceptors (Lipinski definition) is 12. The number of anilines is 1. The molecule has 4 N–H and O–H groups in total. The number of sulfonamides is 1. The minimum atomic E-state index is -3.64. The normalized spacial score (nSPS) is 13.9. The Morgan fingerprint density at radius 2 is 1.06 bits per heavy atom. The predicted molar refractivity (Wildman–Crippen MR) is 274 cm³/mol. The third kappa shape index (κ3) is 17.3. The first-order chi connectivity index (χ1) is 32.7. The average Bonchev–Trinajstić information content (AvgIpc) is 3.27. The molecule has 0 saturated carbocycles. The molecule has 16 heteroatoms. The van der Waals surface area contributed by atoms with Crippen molar-refractivity contribution in [2.45, 2.75) is 144 Å². The number of ketones is 2. The zero-order chi connectivity index (χ0) is 52.8. The fourth-order valence-corrected chi connectivity index (χ4v) is 7.81. The first kappa shape index (κ1) is 59.2. The lowest BCUT2D eigenvalue weighted by molar-refractivity contribution is -0.125. The monoisotopic (exact) mass is 993 g/mol. The molecule has 0 amide bonds. The second-order valence-corrected chi connectivity index (χ2v) is 21.3. The quantitative estimate of drug-likeness (QED) is 0.0550. The van der Waals surface area contributed by atoms with Crippen molar-refractivity contribution in [2.75, 3.05) is 24.7 Å². The summed E-state index contributed by atoms with van der Waals surface area (Å²) >= 11 is 0. The lowest BCUT2D eigenvalue weighted by Gasteiger charge is -2.23. The fraction of sp³-hybridized carbons (Fsp3) is 0.500. The molecule has 0 aliphatic rings. The maximum absolute atomic E-state index is 13.8. The number of methoxy groups -OCH3 is 1. The van der Waals surface area contributed by atoms with E-state index in [9.17, 15) is 47.2 Å². The Morgan fingerprint density at radius 1 is 0.643 bits per heavy atom. The number of pyridine rings is 1. The van der Waals surface area contributed by atoms with Gasteiger partial charge in [0.2, 0.25) is 16.0 Å². The van der Waals surface area contributed by atoms with Gasteiger partial charge in [0.1, 0.15) is 23.2 Å². The lowest BCUT2D eigenvalue weighted by atomic mass is 9.87. The highest BCUT2D eigenvalue weighted by atomic mass is 32.2. The third-order valence-electron chi connectivity index (χ3n) is 11.5. The summed E-state index contributed by atoms with van der Waals surface area (Å²) in [5.74, 6) is -1.17. The Hall–Kier alpha value is -5.10. The van der Waals surface area contributed by atoms with E-state index in [0.717, 1.165) is 44.2 Å². The number of hydrogen-bond donors (Lipinski definition) is 4. The van der Waals surface area contributed by atoms with Crippen LogP contribution < -0.4 is 4.31 Å². The van der Waals surface area contributed by atoms with Gasteiger partial charge >= 0.3 is 0 Å². The molecule has 2 aromatic heterocycles. The van der Waals surface area contributed by atoms with Crippen molar-refractivity contribution in [1.82, 2.24) is 15.0 Å². The largest absolute Gasteiger partial charge is 0.393 e. The number of benzene rings is 2. The second kappa shape index (κ2) is 26.9. The standard InChI is InChI=1S/C29H40FNO4.C25H34FN3O5S/c1-17(2)26(34)15-23(33)14-22(32)12-13-24-27(20-8-10-21(30)11-9-20)25(16-35-7)29(19(5)6)31-28(24)18(3)4;1-15(2)22(32)14-20(31)13-19(30)11-12-21-23(16(3)4)27-25(29(5)35(6,33)34)28-24(21)17-7-9-18(26)10-8-17/h8-13,17-19,22-23,32-33H,14-16H2,1-7H3;7-12,15-16,19-20,30-31H,13-14H2,1-6H3/b13-12+;12-11+. The zero-order valence-corrected chi connectivity index (χ0v) is 43.8. The molecule has 0 aliphatic carbocycles. The van der Waals surface area contributed by atoms with Crippen LogP contribution in [0, 0.1) is 23.5 Å². The molecule has 384 valence electrons. The number of rotatable bonds is 23. The van der Waals surface area contributed by atoms with Crippen LogP contribution in [0.4, 0.5) is 14.7 Å². The Morgan fingerprint density at radius 3 is 1.46 bits per heavy atom. The van der Waals surface area contributed by atoms with Crippen LogP contribution in [0.3, 0.4) is 0 Å². The van der Waals surface area contributed by atoms with E-state index in [-0.39, 0.29) is 78.6 Å². The minimum absolute atomic E-state index is 0.0171. The molecule has 4 unspecified atom stereocenters. The molecule has 4 rings (SSSR count). The Labute approximate surface area is 413 Å². The summed E-state index contributed by atoms with van der Waals surface area (Å²) in [4.78, 5) is 37.8. The van der Waals surface area contributed by atoms with Crippen molar-refractivity contribution in [3.63, 3.8) is 0 Å². The summed E-state index contributed by atoms with van der Waals surface area (Å²) in [6.07, 6.45) is 3.67. The van der Waals surface area contributed by atoms with Gasteiger partial charge < -0.3 is 25.2 Å². The molecule has 0 bridgehead atoms. The maximum Gasteiger partial charge on any atom is 0.239 e. The number of carbonyl (C=O) groups excluding carboxylic acids is 2. The van der Waals surface area contributed by atoms with Crippen molar-refractivity contribution in [3.05, 3.63) is 106 Å². The number of nitrogens with zero attached hydrogens (tertiary/aromatic N) is 4. The van der Waals surface area contributed by atoms with E-state index in [0.29, 0.717) is 29.1 Å². The highest BCUT2D eigenvalue weighted by molar-refractivity contribution is 7.92. The van der Waals surface area contributed by atoms with Crippen LogP contribution in [0.2, 0.25) is 0 Å². The van der Waals surface area contributed by atoms with E-state index in [4.69, 9.17) is 9.72 Å². The first-order valence-corrected chi connectivity index (χ1v) is 25.6. The van der Waals surface area contributed by atoms with Gasteiger partial charge in [-0.05, 0) is 65.3 Å². The molecular formula is C54H74F2N4O9S. The number of carbonyl (C=O) groups is 2. The van der Waals surface area contributed by atoms with Gasteiger partial charge in [-0.15, -0.1) is 0 Å². The van der Waals surface area contributed by atoms with Crippen molar-refractivity contribution in [1.29, 1.82) is 0 Å². The van der Waals surface area contributed by atoms with E-state index in [1.807, 2.05) is 19.9 Å². The second-order valence-electron chi connectivity index (χ2n) is 19.2. The van der Waals surface area contributed by atoms with Crippen LogP contribution in [0.1, 0.15) is 146 Å². The fourth-order valence-electron chi connectivity index (χ4n) is 7.43. The first-order valence-electron chi connectivity index (χ1n) is 23.7. The van der Waals surface area contributed by atoms with Gasteiger partial charge in [0.15, 0.2) is 0 Å². The molecule has 2 heterocycles. The molecule has 0 spiro atoms. The van der Waals surface area contributed by atoms with Gasteiger partial charge in [0, 0.05) is 79.6 Å². The number of aromatic nitrogens is 3. The number of ether oxygens (including phenoxy) is 1. The van der Waals surface area contributed by atoms with Gasteiger partial charge in [-0.25, -0.2) is 31.5 Å². The number of aliphatic hydroxyl groups is 4. The average molecular weight is 993 g/mol. The molecule has 13 nitrogen and oxygen atoms in total. The molecule has 4 atom stereocenters. The molecule has 0 fully saturated rings. The third-order valence-corrected chi connectivity index (χ3v) is 12.6. The summed E-state index contributed by atoms with van der Waals surface area (Å²) in [7, 11) is -0.655. The number of Topliss-reactive ketones (excluding diaryl/α,β-unsaturated/α-hetero) is 2. The smallest absolute Gasteiger partial charge is 0.239 e. The van der Waals surface area contributed by atoms with Crippen molar-refractivity contribution in [2.24, 2.45) is 11.8 Å². The SMILES string of the molecule is CC(C)C(=O)CC(O)CC(O)/C=C/c1c(-c2ccc(F)cc2)nc(N(C)S(C)(=O)=O)nc1C(C)C.COCc1c(C(C)C)nc(C(C)C)c(/C=C/C(O)CC(O)CC(=O)C(C)C)c1-c1ccc(F)cc1. The highest BCUT2D eigenvalue weighted by Gasteiger charge is 2.25. The van der Waals surface area contributed by atoms with Gasteiger partial charge in [-0.1, -0.05) is 106 Å². The lowest BCUT2D eigenvalue weighted by Crippen LogP contribution is -2.27. The van der Waals surface area contributed by atoms with Gasteiger partial charge in [-0.3, -0.25) is 14.6 Å². The number of halogens is 2. The molecule has 4 aromatic rings. The van der Waals surface area contributed by atoms with Crippen LogP contribution in [0.5, 0.6) is 0 Å². The van der Waals surface area contributed by atoms with E-state index in [1.165, 1.54) is 49.5 Å². The van der Waals surface area contributed by atoms with E-state index in [2.05, 4.69) is 37.7 Å². The van der Waals surface area contributed by atoms with E-state index < -0.39 is 40.3 Å². The van der Waals surface area contributed by atoms with Crippen LogP contribution in [0.15, 0.2) is 60.7 Å².